The first kappa shape index (κ1) is 8.73. The van der Waals surface area contributed by atoms with Crippen LogP contribution in [0.15, 0.2) is 0 Å². The van der Waals surface area contributed by atoms with Gasteiger partial charge in [-0.15, -0.1) is 0 Å². The van der Waals surface area contributed by atoms with Crippen molar-refractivity contribution in [2.75, 3.05) is 0 Å². The number of esters is 2. The third-order valence-electron chi connectivity index (χ3n) is 3.03. The van der Waals surface area contributed by atoms with Crippen molar-refractivity contribution in [3.8, 4) is 0 Å². The second kappa shape index (κ2) is 2.82. The van der Waals surface area contributed by atoms with E-state index >= 15 is 0 Å². The highest BCUT2D eigenvalue weighted by Gasteiger charge is 2.45. The van der Waals surface area contributed by atoms with Crippen LogP contribution in [0.5, 0.6) is 0 Å². The molecule has 0 bridgehead atoms. The molecule has 0 aliphatic heterocycles. The van der Waals surface area contributed by atoms with Crippen LogP contribution < -0.4 is 0 Å². The van der Waals surface area contributed by atoms with Crippen LogP contribution in [0.4, 0.5) is 0 Å². The lowest BCUT2D eigenvalue weighted by Gasteiger charge is -1.99. The maximum atomic E-state index is 11.2. The lowest BCUT2D eigenvalue weighted by molar-refractivity contribution is -0.161. The van der Waals surface area contributed by atoms with Crippen LogP contribution in [-0.2, 0) is 14.3 Å². The average Bonchev–Trinajstić information content (AvgIpc) is 2.89. The summed E-state index contributed by atoms with van der Waals surface area (Å²) in [6.45, 7) is 3.99. The Balaban J connectivity index is 1.78. The van der Waals surface area contributed by atoms with E-state index < -0.39 is 0 Å². The van der Waals surface area contributed by atoms with E-state index in [1.165, 1.54) is 0 Å². The Kier molecular flexibility index (Phi) is 1.90. The molecule has 0 saturated heterocycles. The molecule has 0 amide bonds. The van der Waals surface area contributed by atoms with Crippen LogP contribution in [0.3, 0.4) is 0 Å². The van der Waals surface area contributed by atoms with Gasteiger partial charge < -0.3 is 4.74 Å². The maximum Gasteiger partial charge on any atom is 0.316 e. The molecule has 0 aromatic heterocycles. The standard InChI is InChI=1S/C10H14O3/c1-5-3-7(5)9(11)13-10(12)8-4-6(8)2/h5-8H,3-4H2,1-2H3/t5-,6+,7-,8-/m0/s1. The van der Waals surface area contributed by atoms with Gasteiger partial charge in [-0.05, 0) is 24.7 Å². The summed E-state index contributed by atoms with van der Waals surface area (Å²) in [4.78, 5) is 22.4. The number of carbonyl (C=O) groups is 2. The summed E-state index contributed by atoms with van der Waals surface area (Å²) in [5, 5.41) is 0. The largest absolute Gasteiger partial charge is 0.393 e. The Morgan fingerprint density at radius 3 is 1.54 bits per heavy atom. The molecule has 2 aliphatic rings. The van der Waals surface area contributed by atoms with Crippen LogP contribution in [0.2, 0.25) is 0 Å². The minimum Gasteiger partial charge on any atom is -0.393 e. The van der Waals surface area contributed by atoms with Gasteiger partial charge in [0.05, 0.1) is 11.8 Å². The van der Waals surface area contributed by atoms with Gasteiger partial charge in [0.25, 0.3) is 0 Å². The summed E-state index contributed by atoms with van der Waals surface area (Å²) in [5.74, 6) is 0.207. The lowest BCUT2D eigenvalue weighted by Crippen LogP contribution is -2.16. The highest BCUT2D eigenvalue weighted by Crippen LogP contribution is 2.41. The average molecular weight is 182 g/mol. The van der Waals surface area contributed by atoms with Crippen LogP contribution in [0.25, 0.3) is 0 Å². The molecule has 72 valence electrons. The Morgan fingerprint density at radius 1 is 1.00 bits per heavy atom. The summed E-state index contributed by atoms with van der Waals surface area (Å²) >= 11 is 0. The summed E-state index contributed by atoms with van der Waals surface area (Å²) < 4.78 is 4.76. The van der Waals surface area contributed by atoms with Crippen molar-refractivity contribution in [3.05, 3.63) is 0 Å². The summed E-state index contributed by atoms with van der Waals surface area (Å²) in [7, 11) is 0. The molecule has 0 unspecified atom stereocenters. The number of hydrogen-bond acceptors (Lipinski definition) is 3. The Morgan fingerprint density at radius 2 is 1.31 bits per heavy atom. The molecule has 0 spiro atoms. The first-order valence-electron chi connectivity index (χ1n) is 4.85. The maximum absolute atomic E-state index is 11.2. The van der Waals surface area contributed by atoms with Gasteiger partial charge in [0.1, 0.15) is 0 Å². The Hall–Kier alpha value is -0.860. The highest BCUT2D eigenvalue weighted by atomic mass is 16.6. The third kappa shape index (κ3) is 1.74. The molecular formula is C10H14O3. The summed E-state index contributed by atoms with van der Waals surface area (Å²) in [5.41, 5.74) is 0. The van der Waals surface area contributed by atoms with Crippen molar-refractivity contribution < 1.29 is 14.3 Å². The predicted octanol–water partition coefficient (Wildman–Crippen LogP) is 1.37. The van der Waals surface area contributed by atoms with Crippen molar-refractivity contribution in [2.45, 2.75) is 26.7 Å². The van der Waals surface area contributed by atoms with E-state index in [1.54, 1.807) is 0 Å². The van der Waals surface area contributed by atoms with E-state index in [9.17, 15) is 9.59 Å². The van der Waals surface area contributed by atoms with Gasteiger partial charge in [0.2, 0.25) is 0 Å². The van der Waals surface area contributed by atoms with Crippen LogP contribution in [0, 0.1) is 23.7 Å². The molecular weight excluding hydrogens is 168 g/mol. The van der Waals surface area contributed by atoms with Crippen molar-refractivity contribution in [3.63, 3.8) is 0 Å². The van der Waals surface area contributed by atoms with Gasteiger partial charge in [0, 0.05) is 0 Å². The first-order chi connectivity index (χ1) is 6.09. The lowest BCUT2D eigenvalue weighted by atomic mass is 10.3. The second-order valence-corrected chi connectivity index (χ2v) is 4.38. The number of rotatable bonds is 2. The number of hydrogen-bond donors (Lipinski definition) is 0. The fraction of sp³-hybridized carbons (Fsp3) is 0.800. The molecule has 2 saturated carbocycles. The van der Waals surface area contributed by atoms with E-state index in [4.69, 9.17) is 4.74 Å². The number of ether oxygens (including phenoxy) is 1. The SMILES string of the molecule is C[C@@H]1C[C@@H]1C(=O)OC(=O)[C@H]1C[C@@H]1C. The van der Waals surface area contributed by atoms with Crippen LogP contribution in [0.1, 0.15) is 26.7 Å². The molecule has 0 N–H and O–H groups in total. The first-order valence-corrected chi connectivity index (χ1v) is 4.85. The summed E-state index contributed by atoms with van der Waals surface area (Å²) in [6.07, 6.45) is 1.76. The molecule has 4 atom stereocenters. The van der Waals surface area contributed by atoms with Crippen LogP contribution in [-0.4, -0.2) is 11.9 Å². The van der Waals surface area contributed by atoms with Gasteiger partial charge in [-0.2, -0.15) is 0 Å². The smallest absolute Gasteiger partial charge is 0.316 e. The topological polar surface area (TPSA) is 43.4 Å². The zero-order valence-corrected chi connectivity index (χ0v) is 7.95. The van der Waals surface area contributed by atoms with Crippen molar-refractivity contribution in [1.82, 2.24) is 0 Å². The van der Waals surface area contributed by atoms with E-state index in [-0.39, 0.29) is 23.8 Å². The predicted molar refractivity (Wildman–Crippen MR) is 45.6 cm³/mol. The quantitative estimate of drug-likeness (QED) is 0.478. The Labute approximate surface area is 77.4 Å². The van der Waals surface area contributed by atoms with Gasteiger partial charge in [0.15, 0.2) is 0 Å². The van der Waals surface area contributed by atoms with Crippen molar-refractivity contribution in [2.24, 2.45) is 23.7 Å². The van der Waals surface area contributed by atoms with Gasteiger partial charge in [-0.25, -0.2) is 0 Å². The van der Waals surface area contributed by atoms with Gasteiger partial charge in [-0.1, -0.05) is 13.8 Å². The monoisotopic (exact) mass is 182 g/mol. The summed E-state index contributed by atoms with van der Waals surface area (Å²) in [6, 6.07) is 0. The molecule has 2 aliphatic carbocycles. The molecule has 2 fully saturated rings. The normalized spacial score (nSPS) is 41.1. The molecule has 0 aromatic carbocycles. The minimum atomic E-state index is -0.309. The van der Waals surface area contributed by atoms with Crippen LogP contribution >= 0.6 is 0 Å². The van der Waals surface area contributed by atoms with E-state index in [0.717, 1.165) is 12.8 Å². The Bertz CT molecular complexity index is 233. The molecule has 3 heteroatoms. The van der Waals surface area contributed by atoms with Crippen molar-refractivity contribution in [1.29, 1.82) is 0 Å². The number of carbonyl (C=O) groups excluding carboxylic acids is 2. The minimum absolute atomic E-state index is 0.00185. The molecule has 3 nitrogen and oxygen atoms in total. The second-order valence-electron chi connectivity index (χ2n) is 4.38. The van der Waals surface area contributed by atoms with E-state index in [1.807, 2.05) is 13.8 Å². The molecule has 2 rings (SSSR count). The third-order valence-corrected chi connectivity index (χ3v) is 3.03. The zero-order valence-electron chi connectivity index (χ0n) is 7.95. The fourth-order valence-electron chi connectivity index (χ4n) is 1.55. The molecule has 0 aromatic rings. The van der Waals surface area contributed by atoms with E-state index in [0.29, 0.717) is 11.8 Å². The molecule has 13 heavy (non-hydrogen) atoms. The van der Waals surface area contributed by atoms with Gasteiger partial charge in [-0.3, -0.25) is 9.59 Å². The van der Waals surface area contributed by atoms with E-state index in [2.05, 4.69) is 0 Å². The molecule has 0 heterocycles. The molecule has 0 radical (unpaired) electrons. The van der Waals surface area contributed by atoms with Crippen molar-refractivity contribution >= 4 is 11.9 Å². The zero-order chi connectivity index (χ0) is 9.59. The highest BCUT2D eigenvalue weighted by molar-refractivity contribution is 5.90. The van der Waals surface area contributed by atoms with Gasteiger partial charge >= 0.3 is 11.9 Å². The fourth-order valence-corrected chi connectivity index (χ4v) is 1.55.